The molecule has 0 saturated carbocycles. The molecule has 4 unspecified atom stereocenters. The Morgan fingerprint density at radius 3 is 1.86 bits per heavy atom. The first-order chi connectivity index (χ1) is 16.8. The van der Waals surface area contributed by atoms with Gasteiger partial charge in [0.1, 0.15) is 23.9 Å². The van der Waals surface area contributed by atoms with E-state index in [4.69, 9.17) is 17.2 Å². The number of phenolic OH excluding ortho intramolecular Hbond substituents is 1. The number of carbonyl (C=O) groups excluding carboxylic acids is 5. The summed E-state index contributed by atoms with van der Waals surface area (Å²) >= 11 is 3.99. The van der Waals surface area contributed by atoms with Crippen molar-refractivity contribution in [3.63, 3.8) is 0 Å². The number of carboxylic acids is 1. The molecule has 0 spiro atoms. The number of aromatic hydroxyl groups is 1. The van der Waals surface area contributed by atoms with Gasteiger partial charge in [-0.25, -0.2) is 4.79 Å². The van der Waals surface area contributed by atoms with E-state index < -0.39 is 66.1 Å². The third kappa shape index (κ3) is 10.6. The topological polar surface area (TPSA) is 257 Å². The van der Waals surface area contributed by atoms with Crippen molar-refractivity contribution in [2.75, 3.05) is 5.75 Å². The first-order valence-electron chi connectivity index (χ1n) is 10.7. The van der Waals surface area contributed by atoms with Gasteiger partial charge in [-0.1, -0.05) is 12.1 Å². The predicted molar refractivity (Wildman–Crippen MR) is 129 cm³/mol. The van der Waals surface area contributed by atoms with E-state index in [1.54, 1.807) is 0 Å². The van der Waals surface area contributed by atoms with E-state index in [2.05, 4.69) is 28.6 Å². The van der Waals surface area contributed by atoms with Crippen LogP contribution in [0.25, 0.3) is 0 Å². The average molecular weight is 527 g/mol. The highest BCUT2D eigenvalue weighted by Crippen LogP contribution is 2.12. The van der Waals surface area contributed by atoms with Gasteiger partial charge >= 0.3 is 5.97 Å². The molecule has 1 aromatic rings. The molecule has 4 atom stereocenters. The standard InChI is InChI=1S/C21H30N6O8S/c22-12(5-6-16(23)29)18(31)27-15(9-36)20(33)25-13(8-17(24)30)19(32)26-14(21(34)35)7-10-1-3-11(28)4-2-10/h1-4,12-15,28,36H,5-9,22H2,(H2,23,29)(H2,24,30)(H,25,33)(H,26,32)(H,27,31)(H,34,35). The molecular weight excluding hydrogens is 496 g/mol. The van der Waals surface area contributed by atoms with Crippen LogP contribution in [0.5, 0.6) is 5.75 Å². The molecule has 0 aliphatic heterocycles. The number of hydrogen-bond donors (Lipinski definition) is 9. The molecule has 198 valence electrons. The Bertz CT molecular complexity index is 974. The van der Waals surface area contributed by atoms with Gasteiger partial charge in [0.25, 0.3) is 0 Å². The van der Waals surface area contributed by atoms with Crippen LogP contribution >= 0.6 is 12.6 Å². The molecule has 5 amide bonds. The number of benzene rings is 1. The molecule has 0 bridgehead atoms. The second-order valence-electron chi connectivity index (χ2n) is 7.86. The predicted octanol–water partition coefficient (Wildman–Crippen LogP) is -3.13. The number of rotatable bonds is 15. The zero-order valence-corrected chi connectivity index (χ0v) is 20.1. The van der Waals surface area contributed by atoms with Gasteiger partial charge in [-0.05, 0) is 24.1 Å². The third-order valence-corrected chi connectivity index (χ3v) is 5.25. The van der Waals surface area contributed by atoms with Gasteiger partial charge in [-0.15, -0.1) is 0 Å². The lowest BCUT2D eigenvalue weighted by Gasteiger charge is -2.24. The molecule has 0 aliphatic carbocycles. The van der Waals surface area contributed by atoms with E-state index in [0.29, 0.717) is 5.56 Å². The van der Waals surface area contributed by atoms with E-state index in [-0.39, 0.29) is 30.8 Å². The normalized spacial score (nSPS) is 13.9. The molecular formula is C21H30N6O8S. The van der Waals surface area contributed by atoms with Crippen molar-refractivity contribution in [1.82, 2.24) is 16.0 Å². The van der Waals surface area contributed by atoms with E-state index in [9.17, 15) is 39.0 Å². The summed E-state index contributed by atoms with van der Waals surface area (Å²) in [6, 6.07) is 0.208. The van der Waals surface area contributed by atoms with Crippen molar-refractivity contribution < 1.29 is 39.0 Å². The lowest BCUT2D eigenvalue weighted by atomic mass is 10.0. The van der Waals surface area contributed by atoms with Crippen molar-refractivity contribution >= 4 is 48.1 Å². The average Bonchev–Trinajstić information content (AvgIpc) is 2.80. The fraction of sp³-hybridized carbons (Fsp3) is 0.429. The number of aliphatic carboxylic acids is 1. The first kappa shape index (κ1) is 30.2. The number of hydrogen-bond acceptors (Lipinski definition) is 9. The summed E-state index contributed by atoms with van der Waals surface area (Å²) in [5.74, 6) is -5.94. The van der Waals surface area contributed by atoms with Crippen LogP contribution < -0.4 is 33.2 Å². The fourth-order valence-corrected chi connectivity index (χ4v) is 3.18. The fourth-order valence-electron chi connectivity index (χ4n) is 2.92. The van der Waals surface area contributed by atoms with Crippen molar-refractivity contribution in [1.29, 1.82) is 0 Å². The summed E-state index contributed by atoms with van der Waals surface area (Å²) in [6.07, 6.45) is -1.03. The summed E-state index contributed by atoms with van der Waals surface area (Å²) in [5, 5.41) is 25.7. The number of amides is 5. The molecule has 0 heterocycles. The summed E-state index contributed by atoms with van der Waals surface area (Å²) in [4.78, 5) is 71.6. The molecule has 0 aromatic heterocycles. The largest absolute Gasteiger partial charge is 0.508 e. The van der Waals surface area contributed by atoms with E-state index >= 15 is 0 Å². The van der Waals surface area contributed by atoms with Crippen LogP contribution in [-0.4, -0.2) is 75.6 Å². The number of carboxylic acid groups (broad SMARTS) is 1. The Balaban J connectivity index is 2.90. The summed E-state index contributed by atoms with van der Waals surface area (Å²) < 4.78 is 0. The van der Waals surface area contributed by atoms with Crippen LogP contribution in [0.4, 0.5) is 0 Å². The highest BCUT2D eigenvalue weighted by molar-refractivity contribution is 7.80. The minimum atomic E-state index is -1.56. The molecule has 11 N–H and O–H groups in total. The molecule has 36 heavy (non-hydrogen) atoms. The Morgan fingerprint density at radius 2 is 1.36 bits per heavy atom. The molecule has 1 aromatic carbocycles. The van der Waals surface area contributed by atoms with Gasteiger partial charge in [0.05, 0.1) is 12.5 Å². The minimum absolute atomic E-state index is 0.0291. The highest BCUT2D eigenvalue weighted by atomic mass is 32.1. The van der Waals surface area contributed by atoms with Gasteiger partial charge in [-0.3, -0.25) is 24.0 Å². The molecule has 0 saturated heterocycles. The zero-order valence-electron chi connectivity index (χ0n) is 19.2. The highest BCUT2D eigenvalue weighted by Gasteiger charge is 2.31. The number of nitrogens with one attached hydrogen (secondary N) is 3. The third-order valence-electron chi connectivity index (χ3n) is 4.88. The molecule has 0 radical (unpaired) electrons. The maximum absolute atomic E-state index is 12.8. The lowest BCUT2D eigenvalue weighted by molar-refractivity contribution is -0.142. The SMILES string of the molecule is NC(=O)CCC(N)C(=O)NC(CS)C(=O)NC(CC(N)=O)C(=O)NC(Cc1ccc(O)cc1)C(=O)O. The van der Waals surface area contributed by atoms with Crippen LogP contribution in [0.3, 0.4) is 0 Å². The Hall–Kier alpha value is -3.85. The van der Waals surface area contributed by atoms with E-state index in [1.807, 2.05) is 0 Å². The van der Waals surface area contributed by atoms with Gasteiger partial charge in [0.15, 0.2) is 0 Å². The van der Waals surface area contributed by atoms with Crippen LogP contribution in [-0.2, 0) is 35.2 Å². The zero-order chi connectivity index (χ0) is 27.4. The van der Waals surface area contributed by atoms with Crippen LogP contribution in [0.15, 0.2) is 24.3 Å². The van der Waals surface area contributed by atoms with E-state index in [0.717, 1.165) is 0 Å². The van der Waals surface area contributed by atoms with E-state index in [1.165, 1.54) is 24.3 Å². The molecule has 15 heteroatoms. The van der Waals surface area contributed by atoms with Crippen LogP contribution in [0.2, 0.25) is 0 Å². The van der Waals surface area contributed by atoms with Crippen molar-refractivity contribution in [2.24, 2.45) is 17.2 Å². The van der Waals surface area contributed by atoms with Crippen molar-refractivity contribution in [3.05, 3.63) is 29.8 Å². The molecule has 1 rings (SSSR count). The first-order valence-corrected chi connectivity index (χ1v) is 11.3. The number of primary amides is 2. The molecule has 0 aliphatic rings. The van der Waals surface area contributed by atoms with Crippen LogP contribution in [0.1, 0.15) is 24.8 Å². The second-order valence-corrected chi connectivity index (χ2v) is 8.22. The Labute approximate surface area is 211 Å². The minimum Gasteiger partial charge on any atom is -0.508 e. The lowest BCUT2D eigenvalue weighted by Crippen LogP contribution is -2.58. The number of carbonyl (C=O) groups is 6. The second kappa shape index (κ2) is 14.5. The van der Waals surface area contributed by atoms with Gasteiger partial charge in [-0.2, -0.15) is 12.6 Å². The number of thiol groups is 1. The van der Waals surface area contributed by atoms with Crippen molar-refractivity contribution in [2.45, 2.75) is 49.9 Å². The maximum atomic E-state index is 12.8. The Morgan fingerprint density at radius 1 is 0.833 bits per heavy atom. The maximum Gasteiger partial charge on any atom is 0.326 e. The number of phenols is 1. The summed E-state index contributed by atoms with van der Waals surface area (Å²) in [7, 11) is 0. The quantitative estimate of drug-likeness (QED) is 0.105. The number of nitrogens with two attached hydrogens (primary N) is 3. The summed E-state index contributed by atoms with van der Waals surface area (Å²) in [6.45, 7) is 0. The van der Waals surface area contributed by atoms with Gasteiger partial charge in [0.2, 0.25) is 29.5 Å². The van der Waals surface area contributed by atoms with Gasteiger partial charge in [0, 0.05) is 18.6 Å². The van der Waals surface area contributed by atoms with Gasteiger partial charge < -0.3 is 43.4 Å². The monoisotopic (exact) mass is 526 g/mol. The molecule has 0 fully saturated rings. The molecule has 14 nitrogen and oxygen atoms in total. The van der Waals surface area contributed by atoms with Crippen LogP contribution in [0, 0.1) is 0 Å². The smallest absolute Gasteiger partial charge is 0.326 e. The van der Waals surface area contributed by atoms with Crippen molar-refractivity contribution in [3.8, 4) is 5.75 Å². The Kier molecular flexibility index (Phi) is 12.2. The summed E-state index contributed by atoms with van der Waals surface area (Å²) in [5.41, 5.74) is 16.3.